The summed E-state index contributed by atoms with van der Waals surface area (Å²) in [6.07, 6.45) is 29.6. The van der Waals surface area contributed by atoms with Gasteiger partial charge in [-0.3, -0.25) is 10.1 Å². The maximum Gasteiger partial charge on any atom is 0.269 e. The molecule has 52 heavy (non-hydrogen) atoms. The van der Waals surface area contributed by atoms with Crippen LogP contribution in [-0.2, 0) is 12.8 Å². The van der Waals surface area contributed by atoms with Crippen molar-refractivity contribution in [2.45, 2.75) is 155 Å². The van der Waals surface area contributed by atoms with Crippen molar-refractivity contribution >= 4 is 27.5 Å². The molecule has 5 rings (SSSR count). The third-order valence-electron chi connectivity index (χ3n) is 11.1. The molecule has 0 saturated carbocycles. The largest absolute Gasteiger partial charge is 0.309 e. The van der Waals surface area contributed by atoms with Gasteiger partial charge < -0.3 is 4.57 Å². The van der Waals surface area contributed by atoms with Gasteiger partial charge in [0, 0.05) is 28.6 Å². The molecule has 0 fully saturated rings. The molecule has 0 aliphatic rings. The van der Waals surface area contributed by atoms with Crippen LogP contribution in [0.1, 0.15) is 153 Å². The fraction of sp³-hybridized carbons (Fsp3) is 0.500. The van der Waals surface area contributed by atoms with E-state index in [4.69, 9.17) is 0 Å². The summed E-state index contributed by atoms with van der Waals surface area (Å²) in [4.78, 5) is 10.8. The maximum atomic E-state index is 11.2. The van der Waals surface area contributed by atoms with E-state index in [0.29, 0.717) is 0 Å². The van der Waals surface area contributed by atoms with Crippen LogP contribution in [0, 0.1) is 10.1 Å². The number of hydrogen-bond acceptors (Lipinski definition) is 2. The Morgan fingerprint density at radius 3 is 1.21 bits per heavy atom. The molecular formula is C48H64N2O2. The van der Waals surface area contributed by atoms with E-state index in [9.17, 15) is 10.1 Å². The number of fused-ring (bicyclic) bond motifs is 3. The molecule has 0 bridgehead atoms. The van der Waals surface area contributed by atoms with Crippen LogP contribution < -0.4 is 0 Å². The van der Waals surface area contributed by atoms with Crippen molar-refractivity contribution in [1.29, 1.82) is 0 Å². The molecule has 0 N–H and O–H groups in total. The molecule has 1 heterocycles. The third kappa shape index (κ3) is 11.5. The molecule has 0 aliphatic carbocycles. The molecule has 0 aliphatic heterocycles. The highest BCUT2D eigenvalue weighted by Crippen LogP contribution is 2.35. The lowest BCUT2D eigenvalue weighted by Crippen LogP contribution is -1.95. The van der Waals surface area contributed by atoms with E-state index in [1.165, 1.54) is 161 Å². The fourth-order valence-corrected chi connectivity index (χ4v) is 7.92. The number of aryl methyl sites for hydroxylation is 2. The van der Waals surface area contributed by atoms with Gasteiger partial charge in [0.25, 0.3) is 5.69 Å². The number of aromatic nitrogens is 1. The van der Waals surface area contributed by atoms with Crippen LogP contribution in [0.3, 0.4) is 0 Å². The Morgan fingerprint density at radius 1 is 0.462 bits per heavy atom. The van der Waals surface area contributed by atoms with Crippen LogP contribution in [0.15, 0.2) is 84.9 Å². The summed E-state index contributed by atoms with van der Waals surface area (Å²) in [7, 11) is 0. The molecular weight excluding hydrogens is 637 g/mol. The fourth-order valence-electron chi connectivity index (χ4n) is 7.92. The average Bonchev–Trinajstić information content (AvgIpc) is 3.49. The van der Waals surface area contributed by atoms with Gasteiger partial charge >= 0.3 is 0 Å². The van der Waals surface area contributed by atoms with Gasteiger partial charge in [-0.2, -0.15) is 0 Å². The minimum absolute atomic E-state index is 0.116. The second-order valence-electron chi connectivity index (χ2n) is 15.3. The van der Waals surface area contributed by atoms with Crippen molar-refractivity contribution in [2.24, 2.45) is 0 Å². The molecule has 1 aromatic heterocycles. The van der Waals surface area contributed by atoms with Crippen LogP contribution in [0.2, 0.25) is 0 Å². The van der Waals surface area contributed by atoms with E-state index in [1.807, 2.05) is 12.1 Å². The molecule has 0 saturated heterocycles. The Morgan fingerprint density at radius 2 is 0.827 bits per heavy atom. The first-order chi connectivity index (χ1) is 25.6. The summed E-state index contributed by atoms with van der Waals surface area (Å²) in [6, 6.07) is 29.8. The molecule has 0 radical (unpaired) electrons. The van der Waals surface area contributed by atoms with Crippen molar-refractivity contribution in [1.82, 2.24) is 4.57 Å². The summed E-state index contributed by atoms with van der Waals surface area (Å²) in [6.45, 7) is 4.58. The van der Waals surface area contributed by atoms with Crippen molar-refractivity contribution in [3.05, 3.63) is 106 Å². The zero-order valence-electron chi connectivity index (χ0n) is 32.4. The van der Waals surface area contributed by atoms with E-state index >= 15 is 0 Å². The summed E-state index contributed by atoms with van der Waals surface area (Å²) >= 11 is 0. The quantitative estimate of drug-likeness (QED) is 0.0346. The molecule has 5 aromatic rings. The first-order valence-corrected chi connectivity index (χ1v) is 21.0. The number of hydrogen-bond donors (Lipinski definition) is 0. The highest BCUT2D eigenvalue weighted by molar-refractivity contribution is 6.09. The van der Waals surface area contributed by atoms with Crippen molar-refractivity contribution in [3.63, 3.8) is 0 Å². The van der Waals surface area contributed by atoms with Crippen molar-refractivity contribution in [2.75, 3.05) is 0 Å². The van der Waals surface area contributed by atoms with Crippen LogP contribution in [0.25, 0.3) is 38.6 Å². The van der Waals surface area contributed by atoms with E-state index in [0.717, 1.165) is 29.7 Å². The van der Waals surface area contributed by atoms with Crippen LogP contribution in [-0.4, -0.2) is 9.49 Å². The monoisotopic (exact) mass is 700 g/mol. The van der Waals surface area contributed by atoms with Gasteiger partial charge in [-0.05, 0) is 96.5 Å². The molecule has 0 atom stereocenters. The third-order valence-corrected chi connectivity index (χ3v) is 11.1. The summed E-state index contributed by atoms with van der Waals surface area (Å²) in [5.74, 6) is 0. The number of non-ortho nitro benzene ring substituents is 1. The van der Waals surface area contributed by atoms with Gasteiger partial charge in [0.1, 0.15) is 0 Å². The number of benzene rings is 4. The zero-order chi connectivity index (χ0) is 36.4. The second-order valence-corrected chi connectivity index (χ2v) is 15.3. The Bertz CT molecular complexity index is 1700. The Balaban J connectivity index is 1.28. The maximum absolute atomic E-state index is 11.2. The molecule has 4 heteroatoms. The van der Waals surface area contributed by atoms with Gasteiger partial charge in [-0.1, -0.05) is 154 Å². The molecule has 0 spiro atoms. The Labute approximate surface area is 314 Å². The van der Waals surface area contributed by atoms with E-state index < -0.39 is 0 Å². The number of nitro groups is 1. The lowest BCUT2D eigenvalue weighted by molar-refractivity contribution is -0.384. The van der Waals surface area contributed by atoms with Gasteiger partial charge in [0.15, 0.2) is 0 Å². The van der Waals surface area contributed by atoms with E-state index in [-0.39, 0.29) is 10.6 Å². The van der Waals surface area contributed by atoms with E-state index in [1.54, 1.807) is 12.1 Å². The zero-order valence-corrected chi connectivity index (χ0v) is 32.4. The highest BCUT2D eigenvalue weighted by atomic mass is 16.6. The minimum Gasteiger partial charge on any atom is -0.309 e. The predicted octanol–water partition coefficient (Wildman–Crippen LogP) is 15.3. The smallest absolute Gasteiger partial charge is 0.269 e. The number of nitro benzene ring substituents is 1. The normalized spacial score (nSPS) is 11.6. The molecule has 4 aromatic carbocycles. The summed E-state index contributed by atoms with van der Waals surface area (Å²) < 4.78 is 2.42. The van der Waals surface area contributed by atoms with Crippen LogP contribution >= 0.6 is 0 Å². The van der Waals surface area contributed by atoms with Gasteiger partial charge in [-0.15, -0.1) is 0 Å². The Hall–Kier alpha value is -3.92. The summed E-state index contributed by atoms with van der Waals surface area (Å²) in [5, 5.41) is 13.9. The van der Waals surface area contributed by atoms with Gasteiger partial charge in [-0.25, -0.2) is 0 Å². The predicted molar refractivity (Wildman–Crippen MR) is 224 cm³/mol. The lowest BCUT2D eigenvalue weighted by atomic mass is 10.0. The molecule has 4 nitrogen and oxygen atoms in total. The number of rotatable bonds is 25. The number of nitrogens with zero attached hydrogens (tertiary/aromatic N) is 2. The minimum atomic E-state index is -0.347. The lowest BCUT2D eigenvalue weighted by Gasteiger charge is -2.10. The first-order valence-electron chi connectivity index (χ1n) is 21.0. The van der Waals surface area contributed by atoms with Crippen molar-refractivity contribution in [3.8, 4) is 16.8 Å². The van der Waals surface area contributed by atoms with Gasteiger partial charge in [0.2, 0.25) is 0 Å². The van der Waals surface area contributed by atoms with E-state index in [2.05, 4.69) is 79.1 Å². The SMILES string of the molecule is CCCCCCCCCCCCc1ccc2c(c1)c1cc(CCCCCCCCCCCC)ccc1n2-c1ccc(-c2ccc([N+](=O)[O-])cc2)cc1. The highest BCUT2D eigenvalue weighted by Gasteiger charge is 2.14. The van der Waals surface area contributed by atoms with Crippen molar-refractivity contribution < 1.29 is 4.92 Å². The topological polar surface area (TPSA) is 48.1 Å². The molecule has 0 unspecified atom stereocenters. The average molecular weight is 701 g/mol. The summed E-state index contributed by atoms with van der Waals surface area (Å²) in [5.41, 5.74) is 8.67. The second kappa shape index (κ2) is 21.6. The molecule has 278 valence electrons. The number of unbranched alkanes of at least 4 members (excludes halogenated alkanes) is 18. The Kier molecular flexibility index (Phi) is 16.3. The first kappa shape index (κ1) is 39.3. The van der Waals surface area contributed by atoms with Crippen LogP contribution in [0.5, 0.6) is 0 Å². The van der Waals surface area contributed by atoms with Crippen LogP contribution in [0.4, 0.5) is 5.69 Å². The van der Waals surface area contributed by atoms with Gasteiger partial charge in [0.05, 0.1) is 16.0 Å². The molecule has 0 amide bonds. The standard InChI is InChI=1S/C48H64N2O2/c1-3-5-7-9-11-13-15-17-19-21-23-39-25-35-47-45(37-39)46-38-40(24-22-20-18-16-14-12-10-8-6-4-2)26-36-48(46)49(47)43-31-27-41(28-32-43)42-29-33-44(34-30-42)50(51)52/h25-38H,3-24H2,1-2H3.